The number of rotatable bonds is 5. The Morgan fingerprint density at radius 2 is 2.05 bits per heavy atom. The third kappa shape index (κ3) is 4.40. The zero-order chi connectivity index (χ0) is 13.7. The molecule has 2 N–H and O–H groups in total. The fourth-order valence-corrected chi connectivity index (χ4v) is 2.33. The van der Waals surface area contributed by atoms with Crippen LogP contribution in [-0.4, -0.2) is 26.8 Å². The van der Waals surface area contributed by atoms with Crippen molar-refractivity contribution in [2.24, 2.45) is 0 Å². The summed E-state index contributed by atoms with van der Waals surface area (Å²) in [6, 6.07) is 8.27. The minimum Gasteiger partial charge on any atom is -0.293 e. The van der Waals surface area contributed by atoms with Gasteiger partial charge in [-0.25, -0.2) is 0 Å². The number of carbonyl (C=O) groups excluding carboxylic acids is 1. The highest BCUT2D eigenvalue weighted by Crippen LogP contribution is 2.19. The van der Waals surface area contributed by atoms with E-state index in [0.717, 1.165) is 5.75 Å². The smallest absolute Gasteiger partial charge is 0.248 e. The number of nitrogens with zero attached hydrogens (tertiary/aromatic N) is 2. The SMILES string of the molecule is Cc1ccc(SCCC(=O)Nc2n[nH]c(C)n2)cc1. The van der Waals surface area contributed by atoms with Crippen LogP contribution in [0.3, 0.4) is 0 Å². The zero-order valence-corrected chi connectivity index (χ0v) is 11.8. The van der Waals surface area contributed by atoms with Gasteiger partial charge in [0.1, 0.15) is 5.82 Å². The number of aromatic nitrogens is 3. The Morgan fingerprint density at radius 1 is 1.32 bits per heavy atom. The van der Waals surface area contributed by atoms with Gasteiger partial charge in [0.2, 0.25) is 11.9 Å². The van der Waals surface area contributed by atoms with Crippen molar-refractivity contribution in [1.82, 2.24) is 15.2 Å². The molecule has 0 fully saturated rings. The van der Waals surface area contributed by atoms with Crippen LogP contribution in [-0.2, 0) is 4.79 Å². The van der Waals surface area contributed by atoms with Crippen LogP contribution in [0, 0.1) is 13.8 Å². The molecule has 0 saturated carbocycles. The summed E-state index contributed by atoms with van der Waals surface area (Å²) >= 11 is 1.66. The second kappa shape index (κ2) is 6.38. The van der Waals surface area contributed by atoms with Gasteiger partial charge in [-0.1, -0.05) is 17.7 Å². The van der Waals surface area contributed by atoms with Gasteiger partial charge in [0.15, 0.2) is 0 Å². The molecule has 0 radical (unpaired) electrons. The lowest BCUT2D eigenvalue weighted by Crippen LogP contribution is -2.13. The molecule has 1 heterocycles. The van der Waals surface area contributed by atoms with E-state index in [9.17, 15) is 4.79 Å². The predicted octanol–water partition coefficient (Wildman–Crippen LogP) is 2.54. The molecule has 2 rings (SSSR count). The topological polar surface area (TPSA) is 70.7 Å². The number of aryl methyl sites for hydroxylation is 2. The summed E-state index contributed by atoms with van der Waals surface area (Å²) < 4.78 is 0. The summed E-state index contributed by atoms with van der Waals surface area (Å²) in [5, 5.41) is 9.19. The molecule has 0 unspecified atom stereocenters. The summed E-state index contributed by atoms with van der Waals surface area (Å²) in [7, 11) is 0. The molecule has 0 aliphatic carbocycles. The molecular formula is C13H16N4OS. The van der Waals surface area contributed by atoms with E-state index in [4.69, 9.17) is 0 Å². The van der Waals surface area contributed by atoms with Crippen molar-refractivity contribution >= 4 is 23.6 Å². The number of H-pyrrole nitrogens is 1. The van der Waals surface area contributed by atoms with Crippen LogP contribution in [0.4, 0.5) is 5.95 Å². The Bertz CT molecular complexity index is 550. The number of carbonyl (C=O) groups is 1. The average Bonchev–Trinajstić information content (AvgIpc) is 2.77. The van der Waals surface area contributed by atoms with Gasteiger partial charge in [0.25, 0.3) is 0 Å². The molecule has 0 aliphatic rings. The third-order valence-electron chi connectivity index (χ3n) is 2.47. The molecule has 6 heteroatoms. The first-order valence-electron chi connectivity index (χ1n) is 6.02. The third-order valence-corrected chi connectivity index (χ3v) is 3.48. The number of nitrogens with one attached hydrogen (secondary N) is 2. The van der Waals surface area contributed by atoms with Crippen molar-refractivity contribution in [2.75, 3.05) is 11.1 Å². The van der Waals surface area contributed by atoms with E-state index in [0.29, 0.717) is 18.2 Å². The first kappa shape index (κ1) is 13.6. The molecule has 2 aromatic rings. The molecule has 5 nitrogen and oxygen atoms in total. The van der Waals surface area contributed by atoms with E-state index in [2.05, 4.69) is 51.7 Å². The lowest BCUT2D eigenvalue weighted by Gasteiger charge is -2.02. The maximum Gasteiger partial charge on any atom is 0.248 e. The maximum absolute atomic E-state index is 11.6. The van der Waals surface area contributed by atoms with E-state index in [-0.39, 0.29) is 5.91 Å². The zero-order valence-electron chi connectivity index (χ0n) is 10.9. The van der Waals surface area contributed by atoms with Crippen LogP contribution < -0.4 is 5.32 Å². The van der Waals surface area contributed by atoms with Crippen LogP contribution >= 0.6 is 11.8 Å². The van der Waals surface area contributed by atoms with Gasteiger partial charge in [0.05, 0.1) is 0 Å². The standard InChI is InChI=1S/C13H16N4OS/c1-9-3-5-11(6-4-9)19-8-7-12(18)15-13-14-10(2)16-17-13/h3-6H,7-8H2,1-2H3,(H2,14,15,16,17,18). The van der Waals surface area contributed by atoms with Crippen molar-refractivity contribution in [3.05, 3.63) is 35.7 Å². The highest BCUT2D eigenvalue weighted by Gasteiger charge is 2.06. The van der Waals surface area contributed by atoms with Crippen LogP contribution in [0.25, 0.3) is 0 Å². The molecule has 0 spiro atoms. The molecule has 0 atom stereocenters. The monoisotopic (exact) mass is 276 g/mol. The maximum atomic E-state index is 11.6. The number of amides is 1. The van der Waals surface area contributed by atoms with Crippen molar-refractivity contribution in [1.29, 1.82) is 0 Å². The average molecular weight is 276 g/mol. The Balaban J connectivity index is 1.73. The number of thioether (sulfide) groups is 1. The number of anilines is 1. The van der Waals surface area contributed by atoms with Gasteiger partial charge in [-0.15, -0.1) is 16.9 Å². The lowest BCUT2D eigenvalue weighted by atomic mass is 10.2. The number of benzene rings is 1. The van der Waals surface area contributed by atoms with E-state index in [1.165, 1.54) is 10.5 Å². The first-order chi connectivity index (χ1) is 9.13. The largest absolute Gasteiger partial charge is 0.293 e. The van der Waals surface area contributed by atoms with Crippen LogP contribution in [0.5, 0.6) is 0 Å². The predicted molar refractivity (Wildman–Crippen MR) is 76.3 cm³/mol. The fraction of sp³-hybridized carbons (Fsp3) is 0.308. The lowest BCUT2D eigenvalue weighted by molar-refractivity contribution is -0.115. The van der Waals surface area contributed by atoms with Gasteiger partial charge in [0, 0.05) is 17.1 Å². The normalized spacial score (nSPS) is 10.4. The molecule has 1 amide bonds. The molecule has 1 aromatic carbocycles. The summed E-state index contributed by atoms with van der Waals surface area (Å²) in [6.07, 6.45) is 0.437. The van der Waals surface area contributed by atoms with E-state index >= 15 is 0 Å². The Labute approximate surface area is 116 Å². The second-order valence-corrected chi connectivity index (χ2v) is 5.37. The quantitative estimate of drug-likeness (QED) is 0.823. The molecule has 19 heavy (non-hydrogen) atoms. The van der Waals surface area contributed by atoms with Crippen LogP contribution in [0.1, 0.15) is 17.8 Å². The summed E-state index contributed by atoms with van der Waals surface area (Å²) in [5.41, 5.74) is 1.24. The highest BCUT2D eigenvalue weighted by molar-refractivity contribution is 7.99. The highest BCUT2D eigenvalue weighted by atomic mass is 32.2. The molecule has 1 aromatic heterocycles. The van der Waals surface area contributed by atoms with Gasteiger partial charge >= 0.3 is 0 Å². The minimum absolute atomic E-state index is 0.0707. The van der Waals surface area contributed by atoms with Gasteiger partial charge < -0.3 is 0 Å². The number of hydrogen-bond donors (Lipinski definition) is 2. The second-order valence-electron chi connectivity index (χ2n) is 4.20. The van der Waals surface area contributed by atoms with Gasteiger partial charge in [-0.3, -0.25) is 15.2 Å². The molecule has 0 saturated heterocycles. The molecule has 0 bridgehead atoms. The van der Waals surface area contributed by atoms with Crippen molar-refractivity contribution in [2.45, 2.75) is 25.2 Å². The van der Waals surface area contributed by atoms with Crippen molar-refractivity contribution in [3.8, 4) is 0 Å². The first-order valence-corrected chi connectivity index (χ1v) is 7.00. The van der Waals surface area contributed by atoms with E-state index in [1.54, 1.807) is 18.7 Å². The summed E-state index contributed by atoms with van der Waals surface area (Å²) in [4.78, 5) is 16.8. The molecular weight excluding hydrogens is 260 g/mol. The van der Waals surface area contributed by atoms with E-state index in [1.807, 2.05) is 0 Å². The Morgan fingerprint density at radius 3 is 2.68 bits per heavy atom. The van der Waals surface area contributed by atoms with Crippen LogP contribution in [0.2, 0.25) is 0 Å². The minimum atomic E-state index is -0.0707. The summed E-state index contributed by atoms with van der Waals surface area (Å²) in [5.74, 6) is 1.68. The van der Waals surface area contributed by atoms with Gasteiger partial charge in [-0.05, 0) is 26.0 Å². The van der Waals surface area contributed by atoms with Crippen molar-refractivity contribution < 1.29 is 4.79 Å². The van der Waals surface area contributed by atoms with Crippen molar-refractivity contribution in [3.63, 3.8) is 0 Å². The Hall–Kier alpha value is -1.82. The fourth-order valence-electron chi connectivity index (χ4n) is 1.48. The Kier molecular flexibility index (Phi) is 4.57. The molecule has 0 aliphatic heterocycles. The number of aromatic amines is 1. The number of hydrogen-bond acceptors (Lipinski definition) is 4. The van der Waals surface area contributed by atoms with E-state index < -0.39 is 0 Å². The molecule has 100 valence electrons. The summed E-state index contributed by atoms with van der Waals surface area (Å²) in [6.45, 7) is 3.84. The van der Waals surface area contributed by atoms with Gasteiger partial charge in [-0.2, -0.15) is 4.98 Å². The van der Waals surface area contributed by atoms with Crippen LogP contribution in [0.15, 0.2) is 29.2 Å².